The number of hydrogen-bond donors (Lipinski definition) is 1. The Labute approximate surface area is 132 Å². The molecule has 7 heteroatoms. The minimum absolute atomic E-state index is 0.222. The number of halogens is 2. The van der Waals surface area contributed by atoms with E-state index < -0.39 is 0 Å². The maximum atomic E-state index is 12.3. The number of rotatable bonds is 2. The Balaban J connectivity index is 2.01. The molecule has 0 bridgehead atoms. The zero-order chi connectivity index (χ0) is 14.3. The zero-order valence-corrected chi connectivity index (χ0v) is 13.5. The van der Waals surface area contributed by atoms with Crippen molar-refractivity contribution in [2.75, 3.05) is 5.32 Å². The van der Waals surface area contributed by atoms with Crippen molar-refractivity contribution in [2.45, 2.75) is 0 Å². The van der Waals surface area contributed by atoms with Crippen LogP contribution in [-0.2, 0) is 7.05 Å². The molecule has 2 heterocycles. The molecule has 1 N–H and O–H groups in total. The number of nitrogens with one attached hydrogen (secondary N) is 1. The lowest BCUT2D eigenvalue weighted by molar-refractivity contribution is 0.101. The van der Waals surface area contributed by atoms with Crippen molar-refractivity contribution in [2.24, 2.45) is 7.05 Å². The van der Waals surface area contributed by atoms with Gasteiger partial charge in [-0.15, -0.1) is 11.3 Å². The summed E-state index contributed by atoms with van der Waals surface area (Å²) in [6, 6.07) is 5.41. The van der Waals surface area contributed by atoms with Crippen LogP contribution in [0.25, 0.3) is 10.2 Å². The minimum atomic E-state index is -0.222. The molecule has 102 valence electrons. The highest BCUT2D eigenvalue weighted by atomic mass is 79.9. The van der Waals surface area contributed by atoms with E-state index in [1.165, 1.54) is 11.3 Å². The molecule has 0 unspecified atom stereocenters. The monoisotopic (exact) mass is 369 g/mol. The molecular formula is C13H9BrClN3OS. The van der Waals surface area contributed by atoms with Gasteiger partial charge >= 0.3 is 0 Å². The molecule has 1 aromatic carbocycles. The number of fused-ring (bicyclic) bond motifs is 1. The second kappa shape index (κ2) is 5.20. The number of nitrogens with zero attached hydrogens (tertiary/aromatic N) is 2. The highest BCUT2D eigenvalue weighted by molar-refractivity contribution is 9.10. The van der Waals surface area contributed by atoms with Crippen molar-refractivity contribution in [3.63, 3.8) is 0 Å². The summed E-state index contributed by atoms with van der Waals surface area (Å²) in [6.07, 6.45) is 1.82. The van der Waals surface area contributed by atoms with E-state index in [1.54, 1.807) is 22.2 Å². The summed E-state index contributed by atoms with van der Waals surface area (Å²) in [7, 11) is 1.81. The molecule has 2 aromatic heterocycles. The van der Waals surface area contributed by atoms with E-state index in [4.69, 9.17) is 11.6 Å². The Morgan fingerprint density at radius 3 is 3.00 bits per heavy atom. The van der Waals surface area contributed by atoms with Gasteiger partial charge in [-0.2, -0.15) is 0 Å². The molecule has 1 amide bonds. The highest BCUT2D eigenvalue weighted by Gasteiger charge is 2.15. The molecule has 0 atom stereocenters. The lowest BCUT2D eigenvalue weighted by Gasteiger charge is -2.08. The van der Waals surface area contributed by atoms with Crippen molar-refractivity contribution in [1.82, 2.24) is 9.55 Å². The first kappa shape index (κ1) is 13.6. The van der Waals surface area contributed by atoms with Gasteiger partial charge in [-0.05, 0) is 34.1 Å². The molecular weight excluding hydrogens is 362 g/mol. The molecule has 0 fully saturated rings. The van der Waals surface area contributed by atoms with Gasteiger partial charge in [0.2, 0.25) is 0 Å². The lowest BCUT2D eigenvalue weighted by atomic mass is 10.2. The molecule has 4 nitrogen and oxygen atoms in total. The highest BCUT2D eigenvalue weighted by Crippen LogP contribution is 2.32. The Morgan fingerprint density at radius 2 is 2.30 bits per heavy atom. The van der Waals surface area contributed by atoms with Gasteiger partial charge in [0.15, 0.2) is 0 Å². The van der Waals surface area contributed by atoms with Gasteiger partial charge in [0.1, 0.15) is 11.2 Å². The molecule has 20 heavy (non-hydrogen) atoms. The summed E-state index contributed by atoms with van der Waals surface area (Å²) in [5.41, 5.74) is 3.53. The average molecular weight is 371 g/mol. The zero-order valence-electron chi connectivity index (χ0n) is 10.4. The Kier molecular flexibility index (Phi) is 3.54. The van der Waals surface area contributed by atoms with Crippen LogP contribution >= 0.6 is 38.9 Å². The Morgan fingerprint density at radius 1 is 1.50 bits per heavy atom. The van der Waals surface area contributed by atoms with E-state index in [1.807, 2.05) is 19.3 Å². The summed E-state index contributed by atoms with van der Waals surface area (Å²) >= 11 is 11.0. The standard InChI is InChI=1S/C13H9BrClN3OS/c1-18-5-7(14)4-9(18)13(19)17-11-8(15)2-3-10-12(11)16-6-20-10/h2-6H,1H3,(H,17,19). The van der Waals surface area contributed by atoms with Crippen LogP contribution in [-0.4, -0.2) is 15.5 Å². The molecule has 0 aliphatic heterocycles. The normalized spacial score (nSPS) is 10.9. The fraction of sp³-hybridized carbons (Fsp3) is 0.0769. The Bertz CT molecular complexity index is 811. The van der Waals surface area contributed by atoms with Crippen LogP contribution in [0, 0.1) is 0 Å². The minimum Gasteiger partial charge on any atom is -0.345 e. The van der Waals surface area contributed by atoms with Crippen molar-refractivity contribution < 1.29 is 4.79 Å². The third-order valence-corrected chi connectivity index (χ3v) is 4.44. The molecule has 0 aliphatic carbocycles. The fourth-order valence-corrected chi connectivity index (χ4v) is 3.36. The number of anilines is 1. The molecule has 0 saturated heterocycles. The number of thiazole rings is 1. The van der Waals surface area contributed by atoms with E-state index in [9.17, 15) is 4.79 Å². The SMILES string of the molecule is Cn1cc(Br)cc1C(=O)Nc1c(Cl)ccc2scnc12. The maximum Gasteiger partial charge on any atom is 0.272 e. The van der Waals surface area contributed by atoms with Gasteiger partial charge in [0, 0.05) is 17.7 Å². The van der Waals surface area contributed by atoms with Gasteiger partial charge in [0.05, 0.1) is 20.9 Å². The summed E-state index contributed by atoms with van der Waals surface area (Å²) in [5.74, 6) is -0.222. The second-order valence-corrected chi connectivity index (χ2v) is 6.44. The van der Waals surface area contributed by atoms with Crippen molar-refractivity contribution in [1.29, 1.82) is 0 Å². The number of aromatic nitrogens is 2. The molecule has 0 radical (unpaired) electrons. The van der Waals surface area contributed by atoms with Crippen molar-refractivity contribution in [3.05, 3.63) is 45.1 Å². The van der Waals surface area contributed by atoms with Gasteiger partial charge in [-0.25, -0.2) is 4.98 Å². The molecule has 0 saturated carbocycles. The topological polar surface area (TPSA) is 46.9 Å². The van der Waals surface area contributed by atoms with E-state index in [2.05, 4.69) is 26.2 Å². The third kappa shape index (κ3) is 2.34. The van der Waals surface area contributed by atoms with E-state index >= 15 is 0 Å². The molecule has 3 rings (SSSR count). The van der Waals surface area contributed by atoms with E-state index in [0.717, 1.165) is 9.17 Å². The quantitative estimate of drug-likeness (QED) is 0.731. The predicted octanol–water partition coefficient (Wildman–Crippen LogP) is 4.30. The molecule has 3 aromatic rings. The smallest absolute Gasteiger partial charge is 0.272 e. The van der Waals surface area contributed by atoms with Crippen LogP contribution in [0.2, 0.25) is 5.02 Å². The van der Waals surface area contributed by atoms with Crippen LogP contribution in [0.4, 0.5) is 5.69 Å². The first-order chi connectivity index (χ1) is 9.56. The largest absolute Gasteiger partial charge is 0.345 e. The third-order valence-electron chi connectivity index (χ3n) is 2.89. The second-order valence-electron chi connectivity index (χ2n) is 4.23. The van der Waals surface area contributed by atoms with Crippen LogP contribution in [0.3, 0.4) is 0 Å². The van der Waals surface area contributed by atoms with Crippen LogP contribution < -0.4 is 5.32 Å². The number of carbonyl (C=O) groups is 1. The summed E-state index contributed by atoms with van der Waals surface area (Å²) < 4.78 is 3.58. The van der Waals surface area contributed by atoms with Crippen LogP contribution in [0.1, 0.15) is 10.5 Å². The maximum absolute atomic E-state index is 12.3. The van der Waals surface area contributed by atoms with Crippen molar-refractivity contribution >= 4 is 60.7 Å². The average Bonchev–Trinajstić information content (AvgIpc) is 2.99. The summed E-state index contributed by atoms with van der Waals surface area (Å²) in [6.45, 7) is 0. The van der Waals surface area contributed by atoms with Gasteiger partial charge in [-0.3, -0.25) is 4.79 Å². The first-order valence-corrected chi connectivity index (χ1v) is 7.76. The number of aryl methyl sites for hydroxylation is 1. The summed E-state index contributed by atoms with van der Waals surface area (Å²) in [4.78, 5) is 16.6. The van der Waals surface area contributed by atoms with E-state index in [0.29, 0.717) is 21.9 Å². The van der Waals surface area contributed by atoms with E-state index in [-0.39, 0.29) is 5.91 Å². The first-order valence-electron chi connectivity index (χ1n) is 5.71. The predicted molar refractivity (Wildman–Crippen MR) is 85.7 cm³/mol. The number of carbonyl (C=O) groups excluding carboxylic acids is 1. The summed E-state index contributed by atoms with van der Waals surface area (Å²) in [5, 5.41) is 3.32. The molecule has 0 spiro atoms. The number of benzene rings is 1. The number of hydrogen-bond acceptors (Lipinski definition) is 3. The van der Waals surface area contributed by atoms with Gasteiger partial charge in [0.25, 0.3) is 5.91 Å². The van der Waals surface area contributed by atoms with Gasteiger partial charge in [-0.1, -0.05) is 11.6 Å². The van der Waals surface area contributed by atoms with Crippen LogP contribution in [0.5, 0.6) is 0 Å². The Hall–Kier alpha value is -1.37. The van der Waals surface area contributed by atoms with Gasteiger partial charge < -0.3 is 9.88 Å². The molecule has 0 aliphatic rings. The van der Waals surface area contributed by atoms with Crippen molar-refractivity contribution in [3.8, 4) is 0 Å². The number of amides is 1. The fourth-order valence-electron chi connectivity index (χ4n) is 1.95. The van der Waals surface area contributed by atoms with Crippen LogP contribution in [0.15, 0.2) is 34.4 Å². The lowest BCUT2D eigenvalue weighted by Crippen LogP contribution is -2.15.